The molecular formula is C30H34N4O2. The monoisotopic (exact) mass is 482 g/mol. The second-order valence-corrected chi connectivity index (χ2v) is 10.0. The van der Waals surface area contributed by atoms with E-state index in [1.54, 1.807) is 0 Å². The summed E-state index contributed by atoms with van der Waals surface area (Å²) in [4.78, 5) is 34.0. The first kappa shape index (κ1) is 24.2. The lowest BCUT2D eigenvalue weighted by Gasteiger charge is -2.36. The van der Waals surface area contributed by atoms with Crippen molar-refractivity contribution >= 4 is 11.8 Å². The molecule has 2 aliphatic heterocycles. The van der Waals surface area contributed by atoms with Gasteiger partial charge in [-0.05, 0) is 48.1 Å². The summed E-state index contributed by atoms with van der Waals surface area (Å²) in [7, 11) is 0. The maximum Gasteiger partial charge on any atom is 0.222 e. The van der Waals surface area contributed by atoms with Crippen LogP contribution in [-0.2, 0) is 22.6 Å². The number of pyridine rings is 1. The maximum absolute atomic E-state index is 13.1. The summed E-state index contributed by atoms with van der Waals surface area (Å²) in [6.07, 6.45) is 5.01. The van der Waals surface area contributed by atoms with Crippen molar-refractivity contribution in [1.82, 2.24) is 20.1 Å². The van der Waals surface area contributed by atoms with E-state index in [0.717, 1.165) is 51.3 Å². The fourth-order valence-electron chi connectivity index (χ4n) is 5.40. The number of aromatic nitrogens is 1. The van der Waals surface area contributed by atoms with Gasteiger partial charge in [-0.15, -0.1) is 0 Å². The van der Waals surface area contributed by atoms with Crippen LogP contribution in [-0.4, -0.2) is 58.3 Å². The van der Waals surface area contributed by atoms with Gasteiger partial charge in [0.15, 0.2) is 0 Å². The van der Waals surface area contributed by atoms with Crippen molar-refractivity contribution in [3.63, 3.8) is 0 Å². The van der Waals surface area contributed by atoms with E-state index in [1.165, 1.54) is 16.7 Å². The number of nitrogens with zero attached hydrogens (tertiary/aromatic N) is 3. The van der Waals surface area contributed by atoms with E-state index in [0.29, 0.717) is 19.3 Å². The summed E-state index contributed by atoms with van der Waals surface area (Å²) in [6.45, 7) is 4.02. The Morgan fingerprint density at radius 2 is 1.61 bits per heavy atom. The minimum absolute atomic E-state index is 0.0893. The minimum atomic E-state index is -0.345. The second-order valence-electron chi connectivity index (χ2n) is 10.0. The van der Waals surface area contributed by atoms with E-state index in [4.69, 9.17) is 0 Å². The van der Waals surface area contributed by atoms with E-state index in [2.05, 4.69) is 51.6 Å². The van der Waals surface area contributed by atoms with Gasteiger partial charge in [0.2, 0.25) is 11.8 Å². The van der Waals surface area contributed by atoms with Crippen LogP contribution in [0, 0.1) is 0 Å². The molecule has 2 aliphatic rings. The molecule has 2 amide bonds. The molecule has 0 aliphatic carbocycles. The lowest BCUT2D eigenvalue weighted by molar-refractivity contribution is -0.133. The number of piperazine rings is 1. The van der Waals surface area contributed by atoms with Crippen molar-refractivity contribution < 1.29 is 9.59 Å². The molecule has 0 spiro atoms. The molecule has 6 heteroatoms. The molecule has 0 radical (unpaired) electrons. The molecule has 1 aromatic heterocycles. The summed E-state index contributed by atoms with van der Waals surface area (Å²) in [5.74, 6) is 0.277. The first-order valence-corrected chi connectivity index (χ1v) is 12.9. The quantitative estimate of drug-likeness (QED) is 0.526. The van der Waals surface area contributed by atoms with Crippen molar-refractivity contribution in [2.75, 3.05) is 26.2 Å². The Kier molecular flexibility index (Phi) is 7.42. The van der Waals surface area contributed by atoms with Gasteiger partial charge in [-0.3, -0.25) is 19.5 Å². The lowest BCUT2D eigenvalue weighted by Crippen LogP contribution is -2.49. The zero-order valence-corrected chi connectivity index (χ0v) is 20.7. The van der Waals surface area contributed by atoms with Crippen LogP contribution in [0.1, 0.15) is 36.9 Å². The van der Waals surface area contributed by atoms with Crippen molar-refractivity contribution in [3.8, 4) is 11.1 Å². The van der Waals surface area contributed by atoms with Crippen LogP contribution < -0.4 is 5.32 Å². The molecule has 3 heterocycles. The molecule has 1 N–H and O–H groups in total. The summed E-state index contributed by atoms with van der Waals surface area (Å²) in [5, 5.41) is 3.23. The minimum Gasteiger partial charge on any atom is -0.350 e. The fraction of sp³-hybridized carbons (Fsp3) is 0.367. The van der Waals surface area contributed by atoms with E-state index < -0.39 is 0 Å². The Bertz CT molecular complexity index is 1160. The zero-order valence-electron chi connectivity index (χ0n) is 20.7. The molecule has 186 valence electrons. The Labute approximate surface area is 213 Å². The molecule has 1 atom stereocenters. The highest BCUT2D eigenvalue weighted by Crippen LogP contribution is 2.31. The van der Waals surface area contributed by atoms with Crippen molar-refractivity contribution in [2.24, 2.45) is 0 Å². The van der Waals surface area contributed by atoms with E-state index in [1.807, 2.05) is 47.5 Å². The van der Waals surface area contributed by atoms with Crippen molar-refractivity contribution in [1.29, 1.82) is 0 Å². The van der Waals surface area contributed by atoms with Gasteiger partial charge in [0, 0.05) is 57.3 Å². The summed E-state index contributed by atoms with van der Waals surface area (Å²) >= 11 is 0. The molecule has 2 fully saturated rings. The summed E-state index contributed by atoms with van der Waals surface area (Å²) in [5.41, 5.74) is 4.28. The maximum atomic E-state index is 13.1. The number of carbonyl (C=O) groups is 2. The van der Waals surface area contributed by atoms with Crippen LogP contribution in [0.15, 0.2) is 79.0 Å². The predicted molar refractivity (Wildman–Crippen MR) is 141 cm³/mol. The normalized spacial score (nSPS) is 20.3. The van der Waals surface area contributed by atoms with Gasteiger partial charge < -0.3 is 10.2 Å². The van der Waals surface area contributed by atoms with Crippen LogP contribution in [0.5, 0.6) is 0 Å². The Morgan fingerprint density at radius 1 is 0.889 bits per heavy atom. The van der Waals surface area contributed by atoms with E-state index >= 15 is 0 Å². The summed E-state index contributed by atoms with van der Waals surface area (Å²) < 4.78 is 0. The van der Waals surface area contributed by atoms with Crippen LogP contribution in [0.2, 0.25) is 0 Å². The van der Waals surface area contributed by atoms with Gasteiger partial charge in [0.25, 0.3) is 0 Å². The Hall–Kier alpha value is -3.51. The van der Waals surface area contributed by atoms with Gasteiger partial charge in [-0.25, -0.2) is 0 Å². The third-order valence-electron chi connectivity index (χ3n) is 7.49. The number of rotatable bonds is 8. The largest absolute Gasteiger partial charge is 0.350 e. The molecule has 3 aromatic rings. The molecule has 6 nitrogen and oxygen atoms in total. The number of carbonyl (C=O) groups excluding carboxylic acids is 2. The molecule has 36 heavy (non-hydrogen) atoms. The lowest BCUT2D eigenvalue weighted by atomic mass is 9.84. The number of nitrogens with one attached hydrogen (secondary N) is 1. The fourth-order valence-corrected chi connectivity index (χ4v) is 5.40. The predicted octanol–water partition coefficient (Wildman–Crippen LogP) is 4.06. The topological polar surface area (TPSA) is 65.5 Å². The smallest absolute Gasteiger partial charge is 0.222 e. The van der Waals surface area contributed by atoms with Crippen LogP contribution in [0.4, 0.5) is 0 Å². The molecule has 0 bridgehead atoms. The van der Waals surface area contributed by atoms with Gasteiger partial charge >= 0.3 is 0 Å². The second kappa shape index (κ2) is 11.0. The third kappa shape index (κ3) is 6.00. The standard InChI is InChI=1S/C30H34N4O2/c35-28-13-15-30(32-28,22-24-9-11-26(12-10-24)25-6-2-1-3-7-25)16-14-29(36)34-20-18-33(19-21-34)23-27-8-4-5-17-31-27/h1-12,17H,13-16,18-23H2,(H,32,35). The first-order valence-electron chi connectivity index (χ1n) is 12.9. The van der Waals surface area contributed by atoms with Crippen LogP contribution >= 0.6 is 0 Å². The van der Waals surface area contributed by atoms with Crippen LogP contribution in [0.3, 0.4) is 0 Å². The number of benzene rings is 2. The van der Waals surface area contributed by atoms with Gasteiger partial charge in [0.1, 0.15) is 0 Å². The van der Waals surface area contributed by atoms with Crippen molar-refractivity contribution in [2.45, 2.75) is 44.2 Å². The summed E-state index contributed by atoms with van der Waals surface area (Å²) in [6, 6.07) is 24.9. The van der Waals surface area contributed by atoms with E-state index in [-0.39, 0.29) is 17.4 Å². The molecule has 2 aromatic carbocycles. The molecule has 5 rings (SSSR count). The average molecular weight is 483 g/mol. The van der Waals surface area contributed by atoms with E-state index in [9.17, 15) is 9.59 Å². The van der Waals surface area contributed by atoms with Crippen molar-refractivity contribution in [3.05, 3.63) is 90.3 Å². The number of hydrogen-bond donors (Lipinski definition) is 1. The molecular weight excluding hydrogens is 448 g/mol. The Balaban J connectivity index is 1.16. The van der Waals surface area contributed by atoms with Gasteiger partial charge in [0.05, 0.1) is 5.69 Å². The molecule has 2 saturated heterocycles. The highest BCUT2D eigenvalue weighted by atomic mass is 16.2. The van der Waals surface area contributed by atoms with Gasteiger partial charge in [-0.1, -0.05) is 60.7 Å². The highest BCUT2D eigenvalue weighted by molar-refractivity contribution is 5.80. The molecule has 0 saturated carbocycles. The van der Waals surface area contributed by atoms with Crippen LogP contribution in [0.25, 0.3) is 11.1 Å². The highest BCUT2D eigenvalue weighted by Gasteiger charge is 2.38. The third-order valence-corrected chi connectivity index (χ3v) is 7.49. The number of amides is 2. The first-order chi connectivity index (χ1) is 17.6. The zero-order chi connectivity index (χ0) is 24.8. The average Bonchev–Trinajstić information content (AvgIpc) is 3.29. The Morgan fingerprint density at radius 3 is 2.28 bits per heavy atom. The van der Waals surface area contributed by atoms with Gasteiger partial charge in [-0.2, -0.15) is 0 Å². The SMILES string of the molecule is O=C1CCC(CCC(=O)N2CCN(Cc3ccccn3)CC2)(Cc2ccc(-c3ccccc3)cc2)N1. The molecule has 1 unspecified atom stereocenters. The number of hydrogen-bond acceptors (Lipinski definition) is 4.